The maximum atomic E-state index is 13.1. The van der Waals surface area contributed by atoms with E-state index in [4.69, 9.17) is 0 Å². The Morgan fingerprint density at radius 2 is 1.74 bits per heavy atom. The third kappa shape index (κ3) is 3.01. The minimum atomic E-state index is -1.49. The van der Waals surface area contributed by atoms with Gasteiger partial charge in [-0.05, 0) is 30.7 Å². The zero-order chi connectivity index (χ0) is 13.8. The molecule has 0 aliphatic carbocycles. The van der Waals surface area contributed by atoms with Crippen molar-refractivity contribution in [3.05, 3.63) is 41.7 Å². The number of anilines is 1. The minimum Gasteiger partial charge on any atom is -0.369 e. The zero-order valence-corrected chi connectivity index (χ0v) is 10.3. The fraction of sp³-hybridized carbons (Fsp3) is 0.231. The first kappa shape index (κ1) is 13.3. The summed E-state index contributed by atoms with van der Waals surface area (Å²) in [6.07, 6.45) is 0.942. The number of aromatic nitrogens is 2. The number of hydrogen-bond donors (Lipinski definition) is 1. The van der Waals surface area contributed by atoms with E-state index in [-0.39, 0.29) is 11.3 Å². The summed E-state index contributed by atoms with van der Waals surface area (Å²) in [4.78, 5) is 0. The molecular formula is C13H12F3N3. The summed E-state index contributed by atoms with van der Waals surface area (Å²) >= 11 is 0. The molecule has 100 valence electrons. The fourth-order valence-electron chi connectivity index (χ4n) is 1.54. The summed E-state index contributed by atoms with van der Waals surface area (Å²) < 4.78 is 39.0. The first-order valence-electron chi connectivity index (χ1n) is 5.84. The molecule has 0 bridgehead atoms. The van der Waals surface area contributed by atoms with Crippen molar-refractivity contribution >= 4 is 5.82 Å². The van der Waals surface area contributed by atoms with Crippen LogP contribution in [-0.2, 0) is 0 Å². The smallest absolute Gasteiger partial charge is 0.194 e. The lowest BCUT2D eigenvalue weighted by Gasteiger charge is -2.05. The van der Waals surface area contributed by atoms with Crippen LogP contribution in [0.5, 0.6) is 0 Å². The SMILES string of the molecule is CCCNc1ccc(-c2cc(F)c(F)c(F)c2)nn1. The van der Waals surface area contributed by atoms with E-state index in [2.05, 4.69) is 15.5 Å². The van der Waals surface area contributed by atoms with Crippen LogP contribution in [0.2, 0.25) is 0 Å². The molecule has 1 aromatic carbocycles. The van der Waals surface area contributed by atoms with Gasteiger partial charge in [-0.15, -0.1) is 10.2 Å². The van der Waals surface area contributed by atoms with Gasteiger partial charge >= 0.3 is 0 Å². The van der Waals surface area contributed by atoms with Crippen LogP contribution in [0.3, 0.4) is 0 Å². The van der Waals surface area contributed by atoms with Gasteiger partial charge in [-0.3, -0.25) is 0 Å². The summed E-state index contributed by atoms with van der Waals surface area (Å²) in [5.74, 6) is -3.40. The Hall–Kier alpha value is -2.11. The molecule has 6 heteroatoms. The van der Waals surface area contributed by atoms with E-state index in [0.717, 1.165) is 25.1 Å². The molecule has 0 saturated heterocycles. The number of rotatable bonds is 4. The standard InChI is InChI=1S/C13H12F3N3/c1-2-5-17-12-4-3-11(18-19-12)8-6-9(14)13(16)10(15)7-8/h3-4,6-7H,2,5H2,1H3,(H,17,19). The van der Waals surface area contributed by atoms with Gasteiger partial charge < -0.3 is 5.32 Å². The molecular weight excluding hydrogens is 255 g/mol. The average Bonchev–Trinajstić information content (AvgIpc) is 2.42. The number of nitrogens with zero attached hydrogens (tertiary/aromatic N) is 2. The summed E-state index contributed by atoms with van der Waals surface area (Å²) in [6.45, 7) is 2.77. The number of hydrogen-bond acceptors (Lipinski definition) is 3. The highest BCUT2D eigenvalue weighted by Gasteiger charge is 2.12. The molecule has 0 amide bonds. The normalized spacial score (nSPS) is 10.5. The Kier molecular flexibility index (Phi) is 3.99. The van der Waals surface area contributed by atoms with Gasteiger partial charge in [0.2, 0.25) is 0 Å². The van der Waals surface area contributed by atoms with Crippen molar-refractivity contribution in [2.24, 2.45) is 0 Å². The van der Waals surface area contributed by atoms with Gasteiger partial charge in [0, 0.05) is 12.1 Å². The molecule has 0 unspecified atom stereocenters. The molecule has 2 aromatic rings. The van der Waals surface area contributed by atoms with Crippen LogP contribution in [0.15, 0.2) is 24.3 Å². The maximum absolute atomic E-state index is 13.1. The van der Waals surface area contributed by atoms with Gasteiger partial charge in [0.1, 0.15) is 5.82 Å². The predicted molar refractivity (Wildman–Crippen MR) is 66.1 cm³/mol. The second-order valence-corrected chi connectivity index (χ2v) is 3.98. The van der Waals surface area contributed by atoms with E-state index in [1.54, 1.807) is 12.1 Å². The molecule has 1 N–H and O–H groups in total. The number of benzene rings is 1. The largest absolute Gasteiger partial charge is 0.369 e. The molecule has 0 saturated carbocycles. The van der Waals surface area contributed by atoms with Crippen molar-refractivity contribution in [2.75, 3.05) is 11.9 Å². The second kappa shape index (κ2) is 5.69. The lowest BCUT2D eigenvalue weighted by Crippen LogP contribution is -2.03. The summed E-state index contributed by atoms with van der Waals surface area (Å²) in [5.41, 5.74) is 0.422. The lowest BCUT2D eigenvalue weighted by atomic mass is 10.1. The van der Waals surface area contributed by atoms with Crippen LogP contribution in [0, 0.1) is 17.5 Å². The van der Waals surface area contributed by atoms with Gasteiger partial charge in [-0.2, -0.15) is 0 Å². The quantitative estimate of drug-likeness (QED) is 0.863. The van der Waals surface area contributed by atoms with Crippen LogP contribution in [-0.4, -0.2) is 16.7 Å². The van der Waals surface area contributed by atoms with Crippen molar-refractivity contribution in [3.8, 4) is 11.3 Å². The Morgan fingerprint density at radius 1 is 1.05 bits per heavy atom. The van der Waals surface area contributed by atoms with E-state index in [0.29, 0.717) is 5.82 Å². The average molecular weight is 267 g/mol. The summed E-state index contributed by atoms with van der Waals surface area (Å²) in [6, 6.07) is 5.00. The van der Waals surface area contributed by atoms with Crippen molar-refractivity contribution in [3.63, 3.8) is 0 Å². The van der Waals surface area contributed by atoms with Crippen LogP contribution in [0.1, 0.15) is 13.3 Å². The molecule has 0 radical (unpaired) electrons. The van der Waals surface area contributed by atoms with Crippen LogP contribution < -0.4 is 5.32 Å². The van der Waals surface area contributed by atoms with Crippen molar-refractivity contribution in [2.45, 2.75) is 13.3 Å². The number of nitrogens with one attached hydrogen (secondary N) is 1. The highest BCUT2D eigenvalue weighted by atomic mass is 19.2. The summed E-state index contributed by atoms with van der Waals surface area (Å²) in [7, 11) is 0. The Labute approximate surface area is 108 Å². The maximum Gasteiger partial charge on any atom is 0.194 e. The molecule has 3 nitrogen and oxygen atoms in total. The Bertz CT molecular complexity index is 547. The van der Waals surface area contributed by atoms with Crippen molar-refractivity contribution in [1.82, 2.24) is 10.2 Å². The van der Waals surface area contributed by atoms with Gasteiger partial charge in [-0.1, -0.05) is 6.92 Å². The van der Waals surface area contributed by atoms with E-state index in [1.807, 2.05) is 6.92 Å². The van der Waals surface area contributed by atoms with E-state index in [1.165, 1.54) is 0 Å². The van der Waals surface area contributed by atoms with E-state index >= 15 is 0 Å². The molecule has 1 aromatic heterocycles. The molecule has 0 spiro atoms. The van der Waals surface area contributed by atoms with Gasteiger partial charge in [0.15, 0.2) is 17.5 Å². The van der Waals surface area contributed by atoms with Crippen LogP contribution in [0.4, 0.5) is 19.0 Å². The summed E-state index contributed by atoms with van der Waals surface area (Å²) in [5, 5.41) is 10.7. The third-order valence-electron chi connectivity index (χ3n) is 2.50. The first-order valence-corrected chi connectivity index (χ1v) is 5.84. The minimum absolute atomic E-state index is 0.144. The van der Waals surface area contributed by atoms with Gasteiger partial charge in [0.05, 0.1) is 5.69 Å². The van der Waals surface area contributed by atoms with E-state index in [9.17, 15) is 13.2 Å². The molecule has 19 heavy (non-hydrogen) atoms. The molecule has 1 heterocycles. The molecule has 0 aliphatic heterocycles. The van der Waals surface area contributed by atoms with Crippen LogP contribution in [0.25, 0.3) is 11.3 Å². The molecule has 0 atom stereocenters. The lowest BCUT2D eigenvalue weighted by molar-refractivity contribution is 0.447. The molecule has 0 aliphatic rings. The van der Waals surface area contributed by atoms with E-state index < -0.39 is 17.5 Å². The molecule has 2 rings (SSSR count). The van der Waals surface area contributed by atoms with Gasteiger partial charge in [0.25, 0.3) is 0 Å². The van der Waals surface area contributed by atoms with Gasteiger partial charge in [-0.25, -0.2) is 13.2 Å². The topological polar surface area (TPSA) is 37.8 Å². The number of halogens is 3. The highest BCUT2D eigenvalue weighted by Crippen LogP contribution is 2.22. The molecule has 0 fully saturated rings. The van der Waals surface area contributed by atoms with Crippen molar-refractivity contribution < 1.29 is 13.2 Å². The third-order valence-corrected chi connectivity index (χ3v) is 2.50. The monoisotopic (exact) mass is 267 g/mol. The highest BCUT2D eigenvalue weighted by molar-refractivity contribution is 5.59. The predicted octanol–water partition coefficient (Wildman–Crippen LogP) is 3.38. The second-order valence-electron chi connectivity index (χ2n) is 3.98. The first-order chi connectivity index (χ1) is 9.11. The van der Waals surface area contributed by atoms with Crippen LogP contribution >= 0.6 is 0 Å². The van der Waals surface area contributed by atoms with Crippen molar-refractivity contribution in [1.29, 1.82) is 0 Å². The fourth-order valence-corrected chi connectivity index (χ4v) is 1.54. The Balaban J connectivity index is 2.27. The Morgan fingerprint density at radius 3 is 2.26 bits per heavy atom. The zero-order valence-electron chi connectivity index (χ0n) is 10.3.